The maximum absolute atomic E-state index is 3.51. The molecule has 0 heterocycles. The lowest BCUT2D eigenvalue weighted by atomic mass is 9.98. The molecule has 1 unspecified atom stereocenters. The van der Waals surface area contributed by atoms with Gasteiger partial charge in [0.1, 0.15) is 0 Å². The summed E-state index contributed by atoms with van der Waals surface area (Å²) < 4.78 is 1.32. The van der Waals surface area contributed by atoms with Crippen LogP contribution in [-0.4, -0.2) is 6.54 Å². The molecule has 2 aromatic carbocycles. The molecule has 19 heavy (non-hydrogen) atoms. The van der Waals surface area contributed by atoms with E-state index in [4.69, 9.17) is 0 Å². The van der Waals surface area contributed by atoms with E-state index in [0.717, 1.165) is 13.0 Å². The minimum Gasteiger partial charge on any atom is -0.385 e. The smallest absolute Gasteiger partial charge is 0.0350 e. The molecule has 0 aliphatic heterocycles. The van der Waals surface area contributed by atoms with Crippen molar-refractivity contribution in [1.82, 2.24) is 0 Å². The largest absolute Gasteiger partial charge is 0.385 e. The summed E-state index contributed by atoms with van der Waals surface area (Å²) in [7, 11) is 0. The second kappa shape index (κ2) is 6.94. The third-order valence-corrected chi connectivity index (χ3v) is 4.61. The summed E-state index contributed by atoms with van der Waals surface area (Å²) >= 11 is 2.38. The van der Waals surface area contributed by atoms with Crippen LogP contribution in [0.15, 0.2) is 48.5 Å². The van der Waals surface area contributed by atoms with E-state index >= 15 is 0 Å². The van der Waals surface area contributed by atoms with E-state index in [9.17, 15) is 0 Å². The van der Waals surface area contributed by atoms with Gasteiger partial charge in [-0.2, -0.15) is 0 Å². The highest BCUT2D eigenvalue weighted by Gasteiger charge is 2.04. The maximum Gasteiger partial charge on any atom is 0.0350 e. The summed E-state index contributed by atoms with van der Waals surface area (Å²) in [5.41, 5.74) is 3.97. The van der Waals surface area contributed by atoms with Crippen LogP contribution in [0.25, 0.3) is 0 Å². The van der Waals surface area contributed by atoms with Crippen molar-refractivity contribution < 1.29 is 0 Å². The second-order valence-corrected chi connectivity index (χ2v) is 6.15. The Hall–Kier alpha value is -1.03. The molecule has 1 N–H and O–H groups in total. The first-order valence-electron chi connectivity index (χ1n) is 6.72. The molecule has 1 atom stereocenters. The number of aryl methyl sites for hydroxylation is 1. The van der Waals surface area contributed by atoms with Gasteiger partial charge in [0.05, 0.1) is 0 Å². The number of benzene rings is 2. The maximum atomic E-state index is 3.51. The van der Waals surface area contributed by atoms with Gasteiger partial charge in [0.2, 0.25) is 0 Å². The fraction of sp³-hybridized carbons (Fsp3) is 0.294. The molecule has 0 aliphatic carbocycles. The van der Waals surface area contributed by atoms with Gasteiger partial charge in [-0.25, -0.2) is 0 Å². The number of hydrogen-bond acceptors (Lipinski definition) is 1. The van der Waals surface area contributed by atoms with Crippen LogP contribution in [0, 0.1) is 10.5 Å². The van der Waals surface area contributed by atoms with Gasteiger partial charge in [-0.15, -0.1) is 0 Å². The fourth-order valence-electron chi connectivity index (χ4n) is 2.08. The average molecular weight is 365 g/mol. The van der Waals surface area contributed by atoms with Crippen LogP contribution in [0.4, 0.5) is 5.69 Å². The first kappa shape index (κ1) is 14.4. The summed E-state index contributed by atoms with van der Waals surface area (Å²) in [5.74, 6) is 0.596. The fourth-order valence-corrected chi connectivity index (χ4v) is 2.60. The Morgan fingerprint density at radius 3 is 2.53 bits per heavy atom. The minimum absolute atomic E-state index is 0.596. The van der Waals surface area contributed by atoms with E-state index in [1.807, 2.05) is 0 Å². The number of nitrogens with one attached hydrogen (secondary N) is 1. The first-order valence-corrected chi connectivity index (χ1v) is 7.79. The van der Waals surface area contributed by atoms with Gasteiger partial charge in [-0.3, -0.25) is 0 Å². The molecule has 2 aromatic rings. The zero-order valence-electron chi connectivity index (χ0n) is 11.5. The molecule has 0 fully saturated rings. The molecule has 0 aromatic heterocycles. The molecular formula is C17H20IN. The summed E-state index contributed by atoms with van der Waals surface area (Å²) in [4.78, 5) is 0. The lowest BCUT2D eigenvalue weighted by molar-refractivity contribution is 0.706. The Balaban J connectivity index is 1.85. The minimum atomic E-state index is 0.596. The van der Waals surface area contributed by atoms with Crippen molar-refractivity contribution in [1.29, 1.82) is 0 Å². The highest BCUT2D eigenvalue weighted by Crippen LogP contribution is 2.20. The molecule has 2 rings (SSSR count). The Morgan fingerprint density at radius 1 is 1.11 bits per heavy atom. The van der Waals surface area contributed by atoms with Crippen LogP contribution in [0.3, 0.4) is 0 Å². The van der Waals surface area contributed by atoms with Crippen molar-refractivity contribution in [2.45, 2.75) is 26.2 Å². The van der Waals surface area contributed by atoms with Crippen molar-refractivity contribution in [3.63, 3.8) is 0 Å². The van der Waals surface area contributed by atoms with Crippen LogP contribution in [0.1, 0.15) is 30.4 Å². The van der Waals surface area contributed by atoms with Gasteiger partial charge in [0.15, 0.2) is 0 Å². The van der Waals surface area contributed by atoms with Crippen molar-refractivity contribution in [2.75, 3.05) is 11.9 Å². The summed E-state index contributed by atoms with van der Waals surface area (Å²) in [6.07, 6.45) is 1.15. The van der Waals surface area contributed by atoms with Gasteiger partial charge < -0.3 is 5.32 Å². The lowest BCUT2D eigenvalue weighted by Gasteiger charge is -2.13. The third-order valence-electron chi connectivity index (χ3n) is 3.45. The van der Waals surface area contributed by atoms with Crippen LogP contribution in [-0.2, 0) is 0 Å². The third kappa shape index (κ3) is 4.23. The molecule has 0 bridgehead atoms. The van der Waals surface area contributed by atoms with E-state index in [-0.39, 0.29) is 0 Å². The number of anilines is 1. The van der Waals surface area contributed by atoms with Gasteiger partial charge in [0.25, 0.3) is 0 Å². The standard InChI is InChI=1S/C17H20IN/c1-13(15-6-4-3-5-7-15)10-11-19-16-9-8-14(2)17(18)12-16/h3-9,12-13,19H,10-11H2,1-2H3. The van der Waals surface area contributed by atoms with E-state index < -0.39 is 0 Å². The summed E-state index contributed by atoms with van der Waals surface area (Å²) in [5, 5.41) is 3.51. The van der Waals surface area contributed by atoms with Crippen LogP contribution < -0.4 is 5.32 Å². The highest BCUT2D eigenvalue weighted by atomic mass is 127. The number of halogens is 1. The summed E-state index contributed by atoms with van der Waals surface area (Å²) in [6.45, 7) is 5.44. The van der Waals surface area contributed by atoms with Crippen molar-refractivity contribution in [3.05, 3.63) is 63.2 Å². The van der Waals surface area contributed by atoms with Gasteiger partial charge >= 0.3 is 0 Å². The van der Waals surface area contributed by atoms with Crippen molar-refractivity contribution >= 4 is 28.3 Å². The van der Waals surface area contributed by atoms with Crippen molar-refractivity contribution in [2.24, 2.45) is 0 Å². The average Bonchev–Trinajstić information content (AvgIpc) is 2.43. The SMILES string of the molecule is Cc1ccc(NCCC(C)c2ccccc2)cc1I. The number of hydrogen-bond donors (Lipinski definition) is 1. The van der Waals surface area contributed by atoms with Crippen LogP contribution >= 0.6 is 22.6 Å². The van der Waals surface area contributed by atoms with E-state index in [2.05, 4.69) is 90.3 Å². The van der Waals surface area contributed by atoms with Gasteiger partial charge in [-0.1, -0.05) is 43.3 Å². The normalized spacial score (nSPS) is 12.2. The molecule has 0 saturated heterocycles. The second-order valence-electron chi connectivity index (χ2n) is 4.99. The van der Waals surface area contributed by atoms with E-state index in [1.165, 1.54) is 20.4 Å². The molecule has 0 radical (unpaired) electrons. The predicted molar refractivity (Wildman–Crippen MR) is 91.9 cm³/mol. The zero-order chi connectivity index (χ0) is 13.7. The van der Waals surface area contributed by atoms with Gasteiger partial charge in [0, 0.05) is 15.8 Å². The molecule has 1 nitrogen and oxygen atoms in total. The van der Waals surface area contributed by atoms with Gasteiger partial charge in [-0.05, 0) is 65.1 Å². The summed E-state index contributed by atoms with van der Waals surface area (Å²) in [6, 6.07) is 17.3. The molecule has 0 saturated carbocycles. The Morgan fingerprint density at radius 2 is 1.84 bits per heavy atom. The predicted octanol–water partition coefficient (Wildman–Crippen LogP) is 5.21. The lowest BCUT2D eigenvalue weighted by Crippen LogP contribution is -2.06. The van der Waals surface area contributed by atoms with E-state index in [1.54, 1.807) is 0 Å². The molecule has 100 valence electrons. The first-order chi connectivity index (χ1) is 9.16. The monoisotopic (exact) mass is 365 g/mol. The highest BCUT2D eigenvalue weighted by molar-refractivity contribution is 14.1. The number of rotatable bonds is 5. The molecule has 0 spiro atoms. The molecule has 0 amide bonds. The Bertz CT molecular complexity index is 522. The Labute approximate surface area is 129 Å². The molecular weight excluding hydrogens is 345 g/mol. The molecule has 0 aliphatic rings. The van der Waals surface area contributed by atoms with E-state index in [0.29, 0.717) is 5.92 Å². The topological polar surface area (TPSA) is 12.0 Å². The Kier molecular flexibility index (Phi) is 5.25. The quantitative estimate of drug-likeness (QED) is 0.718. The molecule has 2 heteroatoms. The van der Waals surface area contributed by atoms with Crippen molar-refractivity contribution in [3.8, 4) is 0 Å². The van der Waals surface area contributed by atoms with Crippen LogP contribution in [0.2, 0.25) is 0 Å². The zero-order valence-corrected chi connectivity index (χ0v) is 13.6. The van der Waals surface area contributed by atoms with Crippen LogP contribution in [0.5, 0.6) is 0 Å².